The molecule has 1 aromatic heterocycles. The summed E-state index contributed by atoms with van der Waals surface area (Å²) in [4.78, 5) is 26.5. The molecule has 7 aromatic carbocycles. The molecule has 16 nitrogen and oxygen atoms in total. The van der Waals surface area contributed by atoms with Gasteiger partial charge in [-0.2, -0.15) is 39.5 Å². The Bertz CT molecular complexity index is 5050. The Morgan fingerprint density at radius 1 is 0.477 bits per heavy atom. The molecule has 0 spiro atoms. The smallest absolute Gasteiger partial charge is 0.399 e. The van der Waals surface area contributed by atoms with Crippen molar-refractivity contribution >= 4 is 85.1 Å². The van der Waals surface area contributed by atoms with Crippen LogP contribution in [0.5, 0.6) is 0 Å². The molecule has 32 heteroatoms. The number of halogens is 11. The molecule has 1 aliphatic carbocycles. The number of hydrogen-bond acceptors (Lipinski definition) is 12. The minimum Gasteiger partial charge on any atom is -0.399 e. The Kier molecular flexibility index (Phi) is 41.8. The average molecular weight is 2120 g/mol. The van der Waals surface area contributed by atoms with Crippen molar-refractivity contribution in [1.29, 1.82) is 0 Å². The second-order valence-corrected chi connectivity index (χ2v) is 50.7. The van der Waals surface area contributed by atoms with Crippen LogP contribution < -0.4 is 66.6 Å². The summed E-state index contributed by atoms with van der Waals surface area (Å²) in [6, 6.07) is 58.5. The summed E-state index contributed by atoms with van der Waals surface area (Å²) in [5, 5.41) is -5.61. The second kappa shape index (κ2) is 48.5. The molecule has 0 bridgehead atoms. The number of fused-ring (bicyclic) bond motifs is 1. The van der Waals surface area contributed by atoms with E-state index in [1.54, 1.807) is 17.0 Å². The van der Waals surface area contributed by atoms with Crippen molar-refractivity contribution in [2.45, 2.75) is 291 Å². The Morgan fingerprint density at radius 2 is 0.867 bits per heavy atom. The first-order chi connectivity index (χ1) is 59.6. The van der Waals surface area contributed by atoms with Crippen molar-refractivity contribution in [2.75, 3.05) is 41.0 Å². The monoisotopic (exact) mass is 2110 g/mol. The van der Waals surface area contributed by atoms with Crippen molar-refractivity contribution in [3.8, 4) is 0 Å². The number of alkyl halides is 9. The standard InChI is InChI=1S/2C22H30I.C19H30N2O3S.C13H16NS.C12H16F9NO4S2.C8H10N2O3S/c2*1-7-21(3,4)17-9-13-19(14-10-17)23-20-15-11-18(12-16-20)22(5,6)8-2;1-2-3-4-5-6-7-10-19(22)20-25(23,24)18-13-11-17(12-14-18)21-15-8-9-16-21;1-14-10-13(15-8-4-5-9-15)11-6-2-3-7-12(11)14;13-9(14,11(17,18)19)10(15,16)12(20,21)28(25,26)22-27(23,24)7-6-8-4-2-1-3-5-8;1-6(11)10-14(12,13)8-4-2-7(9)3-5-8/h2*9-16H,7-8H2,1-6H3;11-14H,2-10,15-16H2,1H3,(H,20,22);2-3,6-7,10H,4-5,8-9H2,1H3;8,22H,1-7H2;2-5H,9H2,1H3,(H,10,11)/q2*+1;;+1;;. The molecule has 0 atom stereocenters. The topological polar surface area (TPSA) is 241 Å². The summed E-state index contributed by atoms with van der Waals surface area (Å²) in [6.45, 7) is 33.0. The van der Waals surface area contributed by atoms with Crippen LogP contribution in [0.2, 0.25) is 0 Å². The van der Waals surface area contributed by atoms with E-state index >= 15 is 0 Å². The maximum Gasteiger partial charge on any atom is 0.460 e. The number of nitrogens with two attached hydrogens (primary N) is 1. The number of aromatic nitrogens is 1. The quantitative estimate of drug-likeness (QED) is 0.00987. The van der Waals surface area contributed by atoms with Crippen molar-refractivity contribution in [3.05, 3.63) is 213 Å². The summed E-state index contributed by atoms with van der Waals surface area (Å²) < 4.78 is 221. The first-order valence-electron chi connectivity index (χ1n) is 43.8. The fourth-order valence-corrected chi connectivity index (χ4v) is 26.0. The summed E-state index contributed by atoms with van der Waals surface area (Å²) in [5.74, 6) is -14.5. The fraction of sp³-hybridized carbons (Fsp3) is 0.521. The molecule has 8 aromatic rings. The van der Waals surface area contributed by atoms with Crippen LogP contribution in [0.4, 0.5) is 50.9 Å². The zero-order valence-electron chi connectivity index (χ0n) is 76.5. The molecule has 128 heavy (non-hydrogen) atoms. The maximum absolute atomic E-state index is 13.5. The predicted molar refractivity (Wildman–Crippen MR) is 492 cm³/mol. The Morgan fingerprint density at radius 3 is 1.27 bits per heavy atom. The van der Waals surface area contributed by atoms with Crippen molar-refractivity contribution in [1.82, 2.24) is 18.1 Å². The van der Waals surface area contributed by atoms with E-state index in [4.69, 9.17) is 5.73 Å². The van der Waals surface area contributed by atoms with Crippen LogP contribution in [0.1, 0.15) is 254 Å². The molecule has 5 N–H and O–H groups in total. The van der Waals surface area contributed by atoms with E-state index in [0.717, 1.165) is 64.2 Å². The lowest BCUT2D eigenvalue weighted by molar-refractivity contribution is -0.597. The minimum absolute atomic E-state index is 0.0156. The largest absolute Gasteiger partial charge is 0.460 e. The number of nitrogen functional groups attached to an aromatic ring is 1. The number of aryl methyl sites for hydroxylation is 1. The van der Waals surface area contributed by atoms with Gasteiger partial charge in [0.2, 0.25) is 21.8 Å². The van der Waals surface area contributed by atoms with Crippen molar-refractivity contribution in [2.24, 2.45) is 13.0 Å². The molecule has 2 amide bonds. The number of nitrogens with zero attached hydrogens (tertiary/aromatic N) is 2. The average Bonchev–Trinajstić information content (AvgIpc) is 0.855. The Balaban J connectivity index is 0.000000240. The zero-order chi connectivity index (χ0) is 95.6. The Hall–Kier alpha value is -6.44. The van der Waals surface area contributed by atoms with Gasteiger partial charge >= 0.3 is 65.7 Å². The summed E-state index contributed by atoms with van der Waals surface area (Å²) in [7, 11) is -17.2. The van der Waals surface area contributed by atoms with E-state index in [-0.39, 0.29) is 96.7 Å². The van der Waals surface area contributed by atoms with E-state index in [2.05, 4.69) is 239 Å². The molecule has 11 rings (SSSR count). The zero-order valence-corrected chi connectivity index (χ0v) is 84.9. The highest BCUT2D eigenvalue weighted by atomic mass is 127. The fourth-order valence-electron chi connectivity index (χ4n) is 14.0. The summed E-state index contributed by atoms with van der Waals surface area (Å²) in [5.41, 5.74) is 15.2. The van der Waals surface area contributed by atoms with Gasteiger partial charge in [0.1, 0.15) is 11.5 Å². The number of sulfonamides is 4. The first kappa shape index (κ1) is 110. The van der Waals surface area contributed by atoms with Crippen LogP contribution in [0.15, 0.2) is 191 Å². The highest BCUT2D eigenvalue weighted by Crippen LogP contribution is 2.55. The number of para-hydroxylation sites is 1. The number of anilines is 2. The number of hydrogen-bond donors (Lipinski definition) is 4. The number of rotatable bonds is 33. The molecule has 1 saturated carbocycles. The van der Waals surface area contributed by atoms with Gasteiger partial charge in [-0.25, -0.2) is 43.1 Å². The lowest BCUT2D eigenvalue weighted by Crippen LogP contribution is -3.61. The normalized spacial score (nSPS) is 14.8. The number of carbonyl (C=O) groups is 2. The van der Waals surface area contributed by atoms with Crippen LogP contribution >= 0.6 is 0 Å². The molecule has 2 aliphatic heterocycles. The maximum atomic E-state index is 13.5. The van der Waals surface area contributed by atoms with Crippen LogP contribution in [0.25, 0.3) is 10.9 Å². The molecule has 0 unspecified atom stereocenters. The molecule has 3 heterocycles. The molecule has 3 aliphatic rings. The number of nitrogens with one attached hydrogen (secondary N) is 3. The van der Waals surface area contributed by atoms with E-state index in [1.165, 1.54) is 154 Å². The first-order valence-corrected chi connectivity index (χ1v) is 55.8. The van der Waals surface area contributed by atoms with Gasteiger partial charge in [0.25, 0.3) is 30.1 Å². The molecular weight excluding hydrogens is 1980 g/mol. The van der Waals surface area contributed by atoms with Gasteiger partial charge in [0.15, 0.2) is 19.2 Å². The Labute approximate surface area is 779 Å². The molecule has 2 saturated heterocycles. The second-order valence-electron chi connectivity index (χ2n) is 35.2. The van der Waals surface area contributed by atoms with Gasteiger partial charge in [-0.05, 0) is 223 Å². The molecule has 3 fully saturated rings. The molecule has 710 valence electrons. The van der Waals surface area contributed by atoms with Gasteiger partial charge in [-0.3, -0.25) is 9.59 Å². The van der Waals surface area contributed by atoms with Gasteiger partial charge in [0, 0.05) is 55.8 Å². The van der Waals surface area contributed by atoms with Gasteiger partial charge in [-0.15, -0.1) is 4.13 Å². The van der Waals surface area contributed by atoms with E-state index in [9.17, 15) is 82.8 Å². The van der Waals surface area contributed by atoms with Crippen molar-refractivity contribution < 1.29 is 125 Å². The third-order valence-electron chi connectivity index (χ3n) is 24.0. The summed E-state index contributed by atoms with van der Waals surface area (Å²) in [6.07, 6.45) is 14.9. The highest BCUT2D eigenvalue weighted by Gasteiger charge is 2.85. The van der Waals surface area contributed by atoms with Crippen LogP contribution in [-0.4, -0.2) is 104 Å². The predicted octanol–water partition coefficient (Wildman–Crippen LogP) is 16.9. The van der Waals surface area contributed by atoms with E-state index in [1.807, 2.05) is 16.9 Å². The SMILES string of the molecule is CC(=O)NS(=O)(=O)c1ccc(N)cc1.CCC(C)(C)c1ccc([I+]c2ccc(C(C)(C)CC)cc2)cc1.CCC(C)(C)c1ccc([I+]c2ccc(C(C)(C)CC)cc2)cc1.CCCCCCCCC(=O)NS(=O)(=O)c1ccc(N2CCCC2)cc1.Cn1cc([S+]2CCCC2)c2ccccc21.O=S(=O)(CCC1CCCCC1)NS(=O)(=O)C(F)(F)C(F)(F)C(F)(F)C(F)(F)F. The molecular formula is C96H132F9I2N6O10S5+3. The molecule has 0 radical (unpaired) electrons. The van der Waals surface area contributed by atoms with Gasteiger partial charge < -0.3 is 15.2 Å². The lowest BCUT2D eigenvalue weighted by Gasteiger charge is -2.32. The van der Waals surface area contributed by atoms with Gasteiger partial charge in [-0.1, -0.05) is 215 Å². The van der Waals surface area contributed by atoms with Crippen LogP contribution in [0.3, 0.4) is 0 Å². The third-order valence-corrected chi connectivity index (χ3v) is 38.3. The third kappa shape index (κ3) is 32.2. The number of amides is 2. The van der Waals surface area contributed by atoms with E-state index < -0.39 is 80.9 Å². The lowest BCUT2D eigenvalue weighted by atomic mass is 9.82. The van der Waals surface area contributed by atoms with Crippen LogP contribution in [0, 0.1) is 20.2 Å². The number of unbranched alkanes of at least 4 members (excludes halogenated alkanes) is 5. The number of benzene rings is 7. The highest BCUT2D eigenvalue weighted by molar-refractivity contribution is 8.05. The van der Waals surface area contributed by atoms with Gasteiger partial charge in [0.05, 0.1) is 32.6 Å². The van der Waals surface area contributed by atoms with Crippen LogP contribution in [-0.2, 0) is 89.3 Å². The summed E-state index contributed by atoms with van der Waals surface area (Å²) >= 11 is -0.159. The number of carbonyl (C=O) groups excluding carboxylic acids is 2. The van der Waals surface area contributed by atoms with Crippen molar-refractivity contribution in [3.63, 3.8) is 0 Å². The minimum atomic E-state index is -7.48. The van der Waals surface area contributed by atoms with E-state index in [0.29, 0.717) is 29.4 Å².